The maximum atomic E-state index is 10.5. The highest BCUT2D eigenvalue weighted by molar-refractivity contribution is 7.12. The van der Waals surface area contributed by atoms with Gasteiger partial charge in [0.25, 0.3) is 0 Å². The number of hydrogen-bond acceptors (Lipinski definition) is 4. The average molecular weight is 211 g/mol. The first-order chi connectivity index (χ1) is 6.79. The van der Waals surface area contributed by atoms with E-state index in [0.717, 1.165) is 36.2 Å². The van der Waals surface area contributed by atoms with Gasteiger partial charge >= 0.3 is 0 Å². The number of aldehydes is 1. The van der Waals surface area contributed by atoms with Crippen LogP contribution in [0.4, 0.5) is 5.69 Å². The standard InChI is InChI=1S/C10H13NO2S/c12-6-10-4-8(7-14-10)11-3-1-2-9(13)5-11/h4,6-7,9,13H,1-3,5H2. The van der Waals surface area contributed by atoms with Crippen molar-refractivity contribution in [1.82, 2.24) is 0 Å². The fraction of sp³-hybridized carbons (Fsp3) is 0.500. The van der Waals surface area contributed by atoms with E-state index < -0.39 is 0 Å². The van der Waals surface area contributed by atoms with Crippen LogP contribution in [0.15, 0.2) is 11.4 Å². The van der Waals surface area contributed by atoms with Gasteiger partial charge in [-0.3, -0.25) is 4.79 Å². The molecule has 1 aromatic heterocycles. The second-order valence-electron chi connectivity index (χ2n) is 3.57. The van der Waals surface area contributed by atoms with Gasteiger partial charge in [-0.2, -0.15) is 0 Å². The first-order valence-electron chi connectivity index (χ1n) is 4.76. The lowest BCUT2D eigenvalue weighted by atomic mass is 10.1. The van der Waals surface area contributed by atoms with Crippen LogP contribution in [0.25, 0.3) is 0 Å². The summed E-state index contributed by atoms with van der Waals surface area (Å²) in [7, 11) is 0. The molecule has 1 atom stereocenters. The molecule has 1 aliphatic rings. The molecule has 3 nitrogen and oxygen atoms in total. The normalized spacial score (nSPS) is 22.4. The molecular formula is C10H13NO2S. The van der Waals surface area contributed by atoms with Crippen molar-refractivity contribution < 1.29 is 9.90 Å². The van der Waals surface area contributed by atoms with Crippen LogP contribution in [0, 0.1) is 0 Å². The predicted octanol–water partition coefficient (Wildman–Crippen LogP) is 1.52. The molecule has 0 aliphatic carbocycles. The zero-order valence-corrected chi connectivity index (χ0v) is 8.67. The van der Waals surface area contributed by atoms with Gasteiger partial charge in [-0.05, 0) is 18.9 Å². The highest BCUT2D eigenvalue weighted by atomic mass is 32.1. The third kappa shape index (κ3) is 1.96. The smallest absolute Gasteiger partial charge is 0.160 e. The van der Waals surface area contributed by atoms with Crippen LogP contribution in [-0.2, 0) is 0 Å². The molecule has 1 saturated heterocycles. The summed E-state index contributed by atoms with van der Waals surface area (Å²) < 4.78 is 0. The van der Waals surface area contributed by atoms with Crippen LogP contribution in [0.1, 0.15) is 22.5 Å². The van der Waals surface area contributed by atoms with Gasteiger partial charge in [-0.1, -0.05) is 0 Å². The average Bonchev–Trinajstić information content (AvgIpc) is 2.66. The molecule has 2 heterocycles. The SMILES string of the molecule is O=Cc1cc(N2CCCC(O)C2)cs1. The molecule has 0 saturated carbocycles. The van der Waals surface area contributed by atoms with Gasteiger partial charge in [0, 0.05) is 24.2 Å². The minimum atomic E-state index is -0.219. The molecule has 2 rings (SSSR count). The first kappa shape index (κ1) is 9.68. The molecule has 0 radical (unpaired) electrons. The lowest BCUT2D eigenvalue weighted by Gasteiger charge is -2.31. The number of aliphatic hydroxyl groups is 1. The number of aliphatic hydroxyl groups excluding tert-OH is 1. The van der Waals surface area contributed by atoms with Crippen LogP contribution >= 0.6 is 11.3 Å². The second-order valence-corrected chi connectivity index (χ2v) is 4.51. The third-order valence-electron chi connectivity index (χ3n) is 2.48. The van der Waals surface area contributed by atoms with Crippen LogP contribution in [-0.4, -0.2) is 30.6 Å². The van der Waals surface area contributed by atoms with Crippen LogP contribution in [0.3, 0.4) is 0 Å². The van der Waals surface area contributed by atoms with Crippen molar-refractivity contribution in [3.63, 3.8) is 0 Å². The zero-order valence-electron chi connectivity index (χ0n) is 7.85. The summed E-state index contributed by atoms with van der Waals surface area (Å²) in [5.74, 6) is 0. The van der Waals surface area contributed by atoms with Gasteiger partial charge in [0.1, 0.15) is 0 Å². The Morgan fingerprint density at radius 3 is 3.14 bits per heavy atom. The molecule has 1 unspecified atom stereocenters. The van der Waals surface area contributed by atoms with Crippen LogP contribution in [0.5, 0.6) is 0 Å². The Bertz CT molecular complexity index is 324. The Morgan fingerprint density at radius 1 is 1.64 bits per heavy atom. The summed E-state index contributed by atoms with van der Waals surface area (Å²) in [6.45, 7) is 1.67. The first-order valence-corrected chi connectivity index (χ1v) is 5.64. The van der Waals surface area contributed by atoms with Crippen molar-refractivity contribution >= 4 is 23.3 Å². The summed E-state index contributed by atoms with van der Waals surface area (Å²) >= 11 is 1.45. The van der Waals surface area contributed by atoms with Crippen LogP contribution < -0.4 is 4.90 Å². The molecule has 1 aliphatic heterocycles. The van der Waals surface area contributed by atoms with Gasteiger partial charge in [-0.15, -0.1) is 11.3 Å². The number of hydrogen-bond donors (Lipinski definition) is 1. The third-order valence-corrected chi connectivity index (χ3v) is 3.33. The highest BCUT2D eigenvalue weighted by Crippen LogP contribution is 2.24. The second kappa shape index (κ2) is 4.11. The summed E-state index contributed by atoms with van der Waals surface area (Å²) in [6.07, 6.45) is 2.56. The molecule has 0 aromatic carbocycles. The van der Waals surface area contributed by atoms with Gasteiger partial charge in [-0.25, -0.2) is 0 Å². The van der Waals surface area contributed by atoms with Crippen molar-refractivity contribution in [2.24, 2.45) is 0 Å². The van der Waals surface area contributed by atoms with Crippen molar-refractivity contribution in [2.75, 3.05) is 18.0 Å². The number of piperidine rings is 1. The topological polar surface area (TPSA) is 40.5 Å². The quantitative estimate of drug-likeness (QED) is 0.754. The molecule has 0 bridgehead atoms. The van der Waals surface area contributed by atoms with E-state index in [0.29, 0.717) is 6.54 Å². The largest absolute Gasteiger partial charge is 0.391 e. The van der Waals surface area contributed by atoms with Crippen molar-refractivity contribution in [2.45, 2.75) is 18.9 Å². The van der Waals surface area contributed by atoms with E-state index >= 15 is 0 Å². The Hall–Kier alpha value is -0.870. The fourth-order valence-electron chi connectivity index (χ4n) is 1.76. The van der Waals surface area contributed by atoms with Gasteiger partial charge in [0.05, 0.1) is 11.0 Å². The number of carbonyl (C=O) groups is 1. The number of carbonyl (C=O) groups excluding carboxylic acids is 1. The number of β-amino-alcohol motifs (C(OH)–C–C–N with tert-alkyl or cyclic N) is 1. The lowest BCUT2D eigenvalue weighted by Crippen LogP contribution is -2.37. The van der Waals surface area contributed by atoms with Gasteiger partial charge < -0.3 is 10.0 Å². The maximum absolute atomic E-state index is 10.5. The molecular weight excluding hydrogens is 198 g/mol. The predicted molar refractivity (Wildman–Crippen MR) is 57.2 cm³/mol. The molecule has 0 amide bonds. The summed E-state index contributed by atoms with van der Waals surface area (Å²) in [5, 5.41) is 11.5. The van der Waals surface area contributed by atoms with E-state index in [9.17, 15) is 9.90 Å². The van der Waals surface area contributed by atoms with Gasteiger partial charge in [0.2, 0.25) is 0 Å². The van der Waals surface area contributed by atoms with E-state index in [1.807, 2.05) is 11.4 Å². The lowest BCUT2D eigenvalue weighted by molar-refractivity contribution is 0.112. The number of anilines is 1. The van der Waals surface area contributed by atoms with E-state index in [1.165, 1.54) is 11.3 Å². The van der Waals surface area contributed by atoms with E-state index in [2.05, 4.69) is 4.90 Å². The number of thiophene rings is 1. The van der Waals surface area contributed by atoms with Crippen LogP contribution in [0.2, 0.25) is 0 Å². The molecule has 0 spiro atoms. The monoisotopic (exact) mass is 211 g/mol. The molecule has 1 N–H and O–H groups in total. The molecule has 1 aromatic rings. The number of rotatable bonds is 2. The Balaban J connectivity index is 2.09. The Morgan fingerprint density at radius 2 is 2.50 bits per heavy atom. The fourth-order valence-corrected chi connectivity index (χ4v) is 2.48. The van der Waals surface area contributed by atoms with Crippen molar-refractivity contribution in [1.29, 1.82) is 0 Å². The Kier molecular flexibility index (Phi) is 2.84. The summed E-state index contributed by atoms with van der Waals surface area (Å²) in [4.78, 5) is 13.4. The van der Waals surface area contributed by atoms with E-state index in [1.54, 1.807) is 0 Å². The highest BCUT2D eigenvalue weighted by Gasteiger charge is 2.18. The molecule has 1 fully saturated rings. The van der Waals surface area contributed by atoms with E-state index in [-0.39, 0.29) is 6.10 Å². The zero-order chi connectivity index (χ0) is 9.97. The maximum Gasteiger partial charge on any atom is 0.160 e. The van der Waals surface area contributed by atoms with Crippen molar-refractivity contribution in [3.05, 3.63) is 16.3 Å². The van der Waals surface area contributed by atoms with Crippen molar-refractivity contribution in [3.8, 4) is 0 Å². The number of nitrogens with zero attached hydrogens (tertiary/aromatic N) is 1. The molecule has 4 heteroatoms. The summed E-state index contributed by atoms with van der Waals surface area (Å²) in [6, 6.07) is 1.88. The minimum absolute atomic E-state index is 0.219. The van der Waals surface area contributed by atoms with E-state index in [4.69, 9.17) is 0 Å². The summed E-state index contributed by atoms with van der Waals surface area (Å²) in [5.41, 5.74) is 1.07. The van der Waals surface area contributed by atoms with Gasteiger partial charge in [0.15, 0.2) is 6.29 Å². The Labute approximate surface area is 87.0 Å². The molecule has 76 valence electrons. The molecule has 14 heavy (non-hydrogen) atoms. The minimum Gasteiger partial charge on any atom is -0.391 e.